The van der Waals surface area contributed by atoms with Crippen LogP contribution in [0.5, 0.6) is 0 Å². The molecule has 4 heterocycles. The largest absolute Gasteiger partial charge is 0.383 e. The van der Waals surface area contributed by atoms with E-state index in [1.807, 2.05) is 20.0 Å². The number of nitrogens with two attached hydrogens (primary N) is 1. The van der Waals surface area contributed by atoms with Crippen LogP contribution in [0.1, 0.15) is 37.3 Å². The summed E-state index contributed by atoms with van der Waals surface area (Å²) < 4.78 is 4.41. The molecule has 10 heteroatoms. The Hall–Kier alpha value is -3.66. The third kappa shape index (κ3) is 4.89. The van der Waals surface area contributed by atoms with Crippen molar-refractivity contribution in [1.82, 2.24) is 33.9 Å². The topological polar surface area (TPSA) is 93.1 Å². The zero-order valence-corrected chi connectivity index (χ0v) is 25.3. The molecule has 0 unspecified atom stereocenters. The summed E-state index contributed by atoms with van der Waals surface area (Å²) in [5.74, 6) is 1.29. The molecule has 0 bridgehead atoms. The first-order valence-electron chi connectivity index (χ1n) is 14.9. The number of nitrogens with one attached hydrogen (secondary N) is 1. The molecular formula is C32H38ClN9. The van der Waals surface area contributed by atoms with E-state index >= 15 is 0 Å². The van der Waals surface area contributed by atoms with Gasteiger partial charge in [-0.2, -0.15) is 0 Å². The van der Waals surface area contributed by atoms with Crippen molar-refractivity contribution in [1.29, 1.82) is 0 Å². The lowest BCUT2D eigenvalue weighted by molar-refractivity contribution is 0.0828. The minimum Gasteiger partial charge on any atom is -0.383 e. The number of imidazole rings is 1. The van der Waals surface area contributed by atoms with Crippen LogP contribution < -0.4 is 11.1 Å². The van der Waals surface area contributed by atoms with Crippen molar-refractivity contribution in [3.8, 4) is 11.1 Å². The van der Waals surface area contributed by atoms with Gasteiger partial charge in [0.15, 0.2) is 0 Å². The van der Waals surface area contributed by atoms with Crippen molar-refractivity contribution in [2.24, 2.45) is 7.05 Å². The number of halogens is 1. The van der Waals surface area contributed by atoms with Gasteiger partial charge in [0.25, 0.3) is 0 Å². The zero-order valence-electron chi connectivity index (χ0n) is 24.5. The van der Waals surface area contributed by atoms with Crippen LogP contribution in [0.2, 0.25) is 5.02 Å². The highest BCUT2D eigenvalue weighted by Crippen LogP contribution is 2.39. The Morgan fingerprint density at radius 2 is 1.64 bits per heavy atom. The van der Waals surface area contributed by atoms with Crippen LogP contribution in [0, 0.1) is 6.92 Å². The van der Waals surface area contributed by atoms with Gasteiger partial charge in [0, 0.05) is 67.8 Å². The number of rotatable bonds is 5. The van der Waals surface area contributed by atoms with Gasteiger partial charge in [0.1, 0.15) is 17.8 Å². The van der Waals surface area contributed by atoms with Crippen molar-refractivity contribution in [3.63, 3.8) is 0 Å². The van der Waals surface area contributed by atoms with Gasteiger partial charge in [0.2, 0.25) is 5.95 Å². The van der Waals surface area contributed by atoms with Crippen LogP contribution in [0.4, 0.5) is 17.5 Å². The van der Waals surface area contributed by atoms with E-state index in [-0.39, 0.29) is 0 Å². The molecule has 2 fully saturated rings. The quantitative estimate of drug-likeness (QED) is 0.262. The number of aryl methyl sites for hydroxylation is 2. The van der Waals surface area contributed by atoms with Gasteiger partial charge in [-0.05, 0) is 75.0 Å². The molecule has 0 spiro atoms. The van der Waals surface area contributed by atoms with Crippen molar-refractivity contribution in [3.05, 3.63) is 59.5 Å². The second kappa shape index (κ2) is 10.9. The third-order valence-corrected chi connectivity index (χ3v) is 9.77. The van der Waals surface area contributed by atoms with E-state index in [2.05, 4.69) is 72.8 Å². The number of likely N-dealkylation sites (N-methyl/N-ethyl adjacent to an activating group) is 1. The zero-order chi connectivity index (χ0) is 29.0. The van der Waals surface area contributed by atoms with Crippen LogP contribution in [-0.4, -0.2) is 73.2 Å². The predicted octanol–water partition coefficient (Wildman–Crippen LogP) is 6.00. The fourth-order valence-electron chi connectivity index (χ4n) is 6.79. The van der Waals surface area contributed by atoms with Crippen molar-refractivity contribution in [2.75, 3.05) is 44.3 Å². The maximum Gasteiger partial charge on any atom is 0.208 e. The lowest BCUT2D eigenvalue weighted by Gasteiger charge is -2.41. The highest BCUT2D eigenvalue weighted by molar-refractivity contribution is 6.32. The molecule has 3 N–H and O–H groups in total. The fraction of sp³-hybridized carbons (Fsp3) is 0.406. The van der Waals surface area contributed by atoms with Gasteiger partial charge in [-0.15, -0.1) is 0 Å². The van der Waals surface area contributed by atoms with Crippen molar-refractivity contribution < 1.29 is 0 Å². The Kier molecular flexibility index (Phi) is 7.04. The summed E-state index contributed by atoms with van der Waals surface area (Å²) in [7, 11) is 4.23. The molecule has 0 atom stereocenters. The number of aromatic nitrogens is 5. The maximum absolute atomic E-state index is 6.47. The van der Waals surface area contributed by atoms with E-state index in [9.17, 15) is 0 Å². The average molecular weight is 584 g/mol. The van der Waals surface area contributed by atoms with E-state index in [1.54, 1.807) is 6.33 Å². The smallest absolute Gasteiger partial charge is 0.208 e. The van der Waals surface area contributed by atoms with Crippen LogP contribution >= 0.6 is 11.6 Å². The fourth-order valence-corrected chi connectivity index (χ4v) is 6.94. The molecule has 9 nitrogen and oxygen atoms in total. The van der Waals surface area contributed by atoms with E-state index < -0.39 is 0 Å². The van der Waals surface area contributed by atoms with E-state index in [0.29, 0.717) is 17.9 Å². The number of nitrogen functional groups attached to an aromatic ring is 1. The van der Waals surface area contributed by atoms with Gasteiger partial charge in [-0.3, -0.25) is 4.90 Å². The first-order valence-corrected chi connectivity index (χ1v) is 15.3. The molecule has 2 aromatic carbocycles. The highest BCUT2D eigenvalue weighted by atomic mass is 35.5. The minimum absolute atomic E-state index is 0.412. The Morgan fingerprint density at radius 1 is 0.929 bits per heavy atom. The summed E-state index contributed by atoms with van der Waals surface area (Å²) >= 11 is 6.34. The summed E-state index contributed by atoms with van der Waals surface area (Å²) in [6.45, 7) is 6.71. The molecule has 1 aliphatic heterocycles. The molecule has 1 saturated carbocycles. The van der Waals surface area contributed by atoms with E-state index in [0.717, 1.165) is 68.3 Å². The predicted molar refractivity (Wildman–Crippen MR) is 171 cm³/mol. The first kappa shape index (κ1) is 27.2. The lowest BCUT2D eigenvalue weighted by Crippen LogP contribution is -2.49. The summed E-state index contributed by atoms with van der Waals surface area (Å²) in [6.07, 6.45) is 8.57. The second-order valence-corrected chi connectivity index (χ2v) is 12.4. The van der Waals surface area contributed by atoms with Gasteiger partial charge in [-0.1, -0.05) is 23.7 Å². The molecule has 5 aromatic rings. The van der Waals surface area contributed by atoms with Crippen molar-refractivity contribution in [2.45, 2.75) is 44.7 Å². The van der Waals surface area contributed by atoms with Crippen LogP contribution in [-0.2, 0) is 7.05 Å². The molecular weight excluding hydrogens is 546 g/mol. The number of anilines is 3. The monoisotopic (exact) mass is 583 g/mol. The van der Waals surface area contributed by atoms with Gasteiger partial charge < -0.3 is 25.1 Å². The Bertz CT molecular complexity index is 1740. The van der Waals surface area contributed by atoms with Gasteiger partial charge in [-0.25, -0.2) is 15.0 Å². The summed E-state index contributed by atoms with van der Waals surface area (Å²) in [5, 5.41) is 5.12. The molecule has 1 saturated heterocycles. The lowest BCUT2D eigenvalue weighted by atomic mass is 9.89. The number of hydrogen-bond acceptors (Lipinski definition) is 7. The molecule has 2 aliphatic rings. The summed E-state index contributed by atoms with van der Waals surface area (Å²) in [5.41, 5.74) is 13.5. The summed E-state index contributed by atoms with van der Waals surface area (Å²) in [4.78, 5) is 19.0. The van der Waals surface area contributed by atoms with Crippen LogP contribution in [0.25, 0.3) is 33.2 Å². The molecule has 0 radical (unpaired) electrons. The first-order chi connectivity index (χ1) is 20.4. The minimum atomic E-state index is 0.412. The number of nitrogens with zero attached hydrogens (tertiary/aromatic N) is 7. The highest BCUT2D eigenvalue weighted by Gasteiger charge is 2.30. The van der Waals surface area contributed by atoms with Crippen LogP contribution in [0.15, 0.2) is 48.9 Å². The van der Waals surface area contributed by atoms with Crippen molar-refractivity contribution >= 4 is 51.1 Å². The third-order valence-electron chi connectivity index (χ3n) is 9.37. The summed E-state index contributed by atoms with van der Waals surface area (Å²) in [6, 6.07) is 13.5. The number of benzene rings is 2. The average Bonchev–Trinajstić information content (AvgIpc) is 3.53. The number of fused-ring (bicyclic) bond motifs is 2. The normalized spacial score (nSPS) is 20.5. The van der Waals surface area contributed by atoms with Gasteiger partial charge >= 0.3 is 0 Å². The standard InChI is InChI=1S/C32H38ClN9/c1-20-16-28-27(17-26(20)33)38-32(40(28)3)37-22-6-4-21(5-7-22)25-18-42(31-29(25)30(34)35-19-36-31)24-10-8-23(9-11-24)41-14-12-39(2)13-15-41/h4-7,16-19,23-24H,8-15H2,1-3H3,(H,37,38)(H2,34,35,36)/t23-,24-. The second-order valence-electron chi connectivity index (χ2n) is 12.0. The molecule has 3 aromatic heterocycles. The molecule has 0 amide bonds. The molecule has 42 heavy (non-hydrogen) atoms. The number of hydrogen-bond donors (Lipinski definition) is 2. The SMILES string of the molecule is Cc1cc2c(cc1Cl)nc(Nc1ccc(-c3cn([C@H]4CC[C@H](N5CCN(C)CC5)CC4)c4ncnc(N)c34)cc1)n2C. The van der Waals surface area contributed by atoms with E-state index in [4.69, 9.17) is 27.3 Å². The molecule has 7 rings (SSSR count). The number of piperazine rings is 1. The Labute approximate surface area is 251 Å². The van der Waals surface area contributed by atoms with E-state index in [1.165, 1.54) is 39.0 Å². The van der Waals surface area contributed by atoms with Crippen LogP contribution in [0.3, 0.4) is 0 Å². The maximum atomic E-state index is 6.47. The molecule has 218 valence electrons. The molecule has 1 aliphatic carbocycles. The Balaban J connectivity index is 1.13. The van der Waals surface area contributed by atoms with Gasteiger partial charge in [0.05, 0.1) is 16.4 Å². The Morgan fingerprint density at radius 3 is 2.38 bits per heavy atom.